The SMILES string of the molecule is CCc1cc([C@H](N)C(=O)O)cc(CC)c1I. The predicted octanol–water partition coefficient (Wildman–Crippen LogP) is 2.50. The molecule has 0 unspecified atom stereocenters. The molecule has 3 N–H and O–H groups in total. The summed E-state index contributed by atoms with van der Waals surface area (Å²) in [6.07, 6.45) is 1.79. The minimum Gasteiger partial charge on any atom is -0.480 e. The van der Waals surface area contributed by atoms with E-state index >= 15 is 0 Å². The maximum Gasteiger partial charge on any atom is 0.325 e. The molecule has 0 spiro atoms. The highest BCUT2D eigenvalue weighted by atomic mass is 127. The monoisotopic (exact) mass is 333 g/mol. The Bertz CT molecular complexity index is 379. The van der Waals surface area contributed by atoms with Crippen molar-refractivity contribution in [1.29, 1.82) is 0 Å². The highest BCUT2D eigenvalue weighted by molar-refractivity contribution is 14.1. The van der Waals surface area contributed by atoms with Crippen molar-refractivity contribution >= 4 is 28.6 Å². The molecule has 1 aromatic carbocycles. The normalized spacial score (nSPS) is 12.5. The van der Waals surface area contributed by atoms with Crippen LogP contribution in [0.4, 0.5) is 0 Å². The molecule has 1 rings (SSSR count). The molecule has 3 nitrogen and oxygen atoms in total. The predicted molar refractivity (Wildman–Crippen MR) is 72.5 cm³/mol. The molecule has 0 amide bonds. The summed E-state index contributed by atoms with van der Waals surface area (Å²) < 4.78 is 1.23. The van der Waals surface area contributed by atoms with E-state index in [4.69, 9.17) is 10.8 Å². The van der Waals surface area contributed by atoms with Gasteiger partial charge < -0.3 is 10.8 Å². The van der Waals surface area contributed by atoms with Crippen molar-refractivity contribution < 1.29 is 9.90 Å². The standard InChI is InChI=1S/C12H16INO2/c1-3-7-5-9(11(14)12(15)16)6-8(4-2)10(7)13/h5-6,11H,3-4,14H2,1-2H3,(H,15,16)/t11-/m0/s1. The lowest BCUT2D eigenvalue weighted by Crippen LogP contribution is -2.21. The van der Waals surface area contributed by atoms with Crippen LogP contribution in [0.1, 0.15) is 36.6 Å². The summed E-state index contributed by atoms with van der Waals surface area (Å²) in [6.45, 7) is 4.13. The van der Waals surface area contributed by atoms with E-state index in [2.05, 4.69) is 36.4 Å². The van der Waals surface area contributed by atoms with E-state index < -0.39 is 12.0 Å². The molecule has 1 aromatic rings. The molecule has 0 aliphatic carbocycles. The number of hydrogen-bond donors (Lipinski definition) is 2. The van der Waals surface area contributed by atoms with Gasteiger partial charge in [0.25, 0.3) is 0 Å². The van der Waals surface area contributed by atoms with Gasteiger partial charge in [-0.1, -0.05) is 26.0 Å². The molecule has 0 bridgehead atoms. The quantitative estimate of drug-likeness (QED) is 0.832. The van der Waals surface area contributed by atoms with Crippen LogP contribution >= 0.6 is 22.6 Å². The number of halogens is 1. The van der Waals surface area contributed by atoms with Crippen LogP contribution < -0.4 is 5.73 Å². The summed E-state index contributed by atoms with van der Waals surface area (Å²) in [6, 6.07) is 2.88. The van der Waals surface area contributed by atoms with Gasteiger partial charge in [-0.25, -0.2) is 0 Å². The number of benzene rings is 1. The number of nitrogens with two attached hydrogens (primary N) is 1. The van der Waals surface area contributed by atoms with E-state index in [9.17, 15) is 4.79 Å². The zero-order chi connectivity index (χ0) is 12.3. The van der Waals surface area contributed by atoms with Gasteiger partial charge in [-0.2, -0.15) is 0 Å². The third-order valence-electron chi connectivity index (χ3n) is 2.63. The number of rotatable bonds is 4. The molecular weight excluding hydrogens is 317 g/mol. The second-order valence-electron chi connectivity index (χ2n) is 3.68. The Morgan fingerprint density at radius 3 is 2.12 bits per heavy atom. The van der Waals surface area contributed by atoms with Crippen molar-refractivity contribution in [2.75, 3.05) is 0 Å². The van der Waals surface area contributed by atoms with Crippen molar-refractivity contribution in [2.24, 2.45) is 5.73 Å². The van der Waals surface area contributed by atoms with Crippen LogP contribution in [0.2, 0.25) is 0 Å². The van der Waals surface area contributed by atoms with Crippen LogP contribution in [0.15, 0.2) is 12.1 Å². The van der Waals surface area contributed by atoms with Gasteiger partial charge in [0.15, 0.2) is 0 Å². The van der Waals surface area contributed by atoms with Gasteiger partial charge in [-0.05, 0) is 52.1 Å². The molecule has 0 heterocycles. The molecule has 0 saturated heterocycles. The summed E-state index contributed by atoms with van der Waals surface area (Å²) in [4.78, 5) is 10.9. The van der Waals surface area contributed by atoms with Crippen LogP contribution in [0.3, 0.4) is 0 Å². The minimum atomic E-state index is -0.981. The Kier molecular flexibility index (Phi) is 4.73. The number of aryl methyl sites for hydroxylation is 2. The van der Waals surface area contributed by atoms with Gasteiger partial charge in [-0.15, -0.1) is 0 Å². The fourth-order valence-electron chi connectivity index (χ4n) is 1.61. The molecular formula is C12H16INO2. The molecule has 4 heteroatoms. The zero-order valence-electron chi connectivity index (χ0n) is 9.46. The minimum absolute atomic E-state index is 0.696. The number of hydrogen-bond acceptors (Lipinski definition) is 2. The summed E-state index contributed by atoms with van der Waals surface area (Å²) in [5.41, 5.74) is 8.67. The Labute approximate surface area is 109 Å². The van der Waals surface area contributed by atoms with Gasteiger partial charge in [0, 0.05) is 3.57 Å². The molecule has 1 atom stereocenters. The first-order valence-corrected chi connectivity index (χ1v) is 6.38. The van der Waals surface area contributed by atoms with E-state index in [1.54, 1.807) is 0 Å². The van der Waals surface area contributed by atoms with E-state index in [1.165, 1.54) is 14.7 Å². The maximum atomic E-state index is 10.9. The maximum absolute atomic E-state index is 10.9. The Morgan fingerprint density at radius 2 is 1.81 bits per heavy atom. The first-order chi connectivity index (χ1) is 7.51. The second kappa shape index (κ2) is 5.63. The van der Waals surface area contributed by atoms with Crippen LogP contribution in [-0.4, -0.2) is 11.1 Å². The Balaban J connectivity index is 3.26. The first kappa shape index (κ1) is 13.4. The van der Waals surface area contributed by atoms with E-state index in [-0.39, 0.29) is 0 Å². The van der Waals surface area contributed by atoms with Crippen molar-refractivity contribution in [1.82, 2.24) is 0 Å². The van der Waals surface area contributed by atoms with E-state index in [1.807, 2.05) is 12.1 Å². The number of carbonyl (C=O) groups is 1. The topological polar surface area (TPSA) is 63.3 Å². The van der Waals surface area contributed by atoms with Gasteiger partial charge >= 0.3 is 5.97 Å². The summed E-state index contributed by atoms with van der Waals surface area (Å²) in [7, 11) is 0. The smallest absolute Gasteiger partial charge is 0.325 e. The Morgan fingerprint density at radius 1 is 1.38 bits per heavy atom. The van der Waals surface area contributed by atoms with Crippen molar-refractivity contribution in [2.45, 2.75) is 32.7 Å². The van der Waals surface area contributed by atoms with Crippen LogP contribution in [0.5, 0.6) is 0 Å². The molecule has 0 saturated carbocycles. The number of carboxylic acids is 1. The third kappa shape index (κ3) is 2.74. The van der Waals surface area contributed by atoms with Crippen LogP contribution in [0.25, 0.3) is 0 Å². The lowest BCUT2D eigenvalue weighted by molar-refractivity contribution is -0.138. The average Bonchev–Trinajstić information content (AvgIpc) is 2.28. The van der Waals surface area contributed by atoms with E-state index in [0.29, 0.717) is 5.56 Å². The summed E-state index contributed by atoms with van der Waals surface area (Å²) in [5.74, 6) is -0.981. The largest absolute Gasteiger partial charge is 0.480 e. The molecule has 16 heavy (non-hydrogen) atoms. The van der Waals surface area contributed by atoms with E-state index in [0.717, 1.165) is 12.8 Å². The number of carboxylic acid groups (broad SMARTS) is 1. The van der Waals surface area contributed by atoms with Crippen LogP contribution in [-0.2, 0) is 17.6 Å². The fraction of sp³-hybridized carbons (Fsp3) is 0.417. The van der Waals surface area contributed by atoms with Crippen molar-refractivity contribution in [3.05, 3.63) is 32.4 Å². The molecule has 0 aliphatic rings. The van der Waals surface area contributed by atoms with Crippen molar-refractivity contribution in [3.8, 4) is 0 Å². The first-order valence-electron chi connectivity index (χ1n) is 5.30. The van der Waals surface area contributed by atoms with Gasteiger partial charge in [0.05, 0.1) is 0 Å². The molecule has 0 radical (unpaired) electrons. The number of aliphatic carboxylic acids is 1. The highest BCUT2D eigenvalue weighted by Gasteiger charge is 2.16. The van der Waals surface area contributed by atoms with Gasteiger partial charge in [-0.3, -0.25) is 4.79 Å². The van der Waals surface area contributed by atoms with Gasteiger partial charge in [0.1, 0.15) is 6.04 Å². The molecule has 0 aliphatic heterocycles. The van der Waals surface area contributed by atoms with Crippen LogP contribution in [0, 0.1) is 3.57 Å². The lowest BCUT2D eigenvalue weighted by Gasteiger charge is -2.13. The molecule has 0 fully saturated rings. The second-order valence-corrected chi connectivity index (χ2v) is 4.75. The fourth-order valence-corrected chi connectivity index (χ4v) is 2.69. The molecule has 88 valence electrons. The Hall–Kier alpha value is -0.620. The van der Waals surface area contributed by atoms with Gasteiger partial charge in [0.2, 0.25) is 0 Å². The summed E-state index contributed by atoms with van der Waals surface area (Å²) in [5, 5.41) is 8.91. The summed E-state index contributed by atoms with van der Waals surface area (Å²) >= 11 is 2.31. The highest BCUT2D eigenvalue weighted by Crippen LogP contribution is 2.24. The third-order valence-corrected chi connectivity index (χ3v) is 4.02. The van der Waals surface area contributed by atoms with Crippen molar-refractivity contribution in [3.63, 3.8) is 0 Å². The lowest BCUT2D eigenvalue weighted by atomic mass is 9.98. The average molecular weight is 333 g/mol. The molecule has 0 aromatic heterocycles. The zero-order valence-corrected chi connectivity index (χ0v) is 11.6.